The van der Waals surface area contributed by atoms with Crippen molar-refractivity contribution in [1.82, 2.24) is 29.4 Å². The average molecular weight is 693 g/mol. The van der Waals surface area contributed by atoms with Crippen molar-refractivity contribution in [3.05, 3.63) is 0 Å². The van der Waals surface area contributed by atoms with Crippen molar-refractivity contribution >= 4 is 6.09 Å². The SMILES string of the molecule is CCC(O)CN1CCN(CC(O)CC)CCN(CC(O)CC)CCN(C(=O)OC)CCN(CC(O)COC)CCN(CC(O)CC)CC1. The number of nitrogens with zero attached hydrogens (tertiary/aromatic N) is 6. The highest BCUT2D eigenvalue weighted by molar-refractivity contribution is 5.67. The minimum Gasteiger partial charge on any atom is -0.453 e. The minimum atomic E-state index is -0.694. The molecule has 5 atom stereocenters. The Morgan fingerprint density at radius 1 is 0.479 bits per heavy atom. The van der Waals surface area contributed by atoms with E-state index in [1.54, 1.807) is 12.0 Å². The van der Waals surface area contributed by atoms with Crippen LogP contribution in [0.5, 0.6) is 0 Å². The van der Waals surface area contributed by atoms with E-state index in [-0.39, 0.29) is 6.61 Å². The number of hydrogen-bond donors (Lipinski definition) is 5. The molecule has 0 radical (unpaired) electrons. The molecule has 286 valence electrons. The molecule has 1 heterocycles. The van der Waals surface area contributed by atoms with Crippen LogP contribution < -0.4 is 0 Å². The van der Waals surface area contributed by atoms with E-state index in [1.807, 2.05) is 27.7 Å². The molecule has 5 N–H and O–H groups in total. The Morgan fingerprint density at radius 2 is 0.729 bits per heavy atom. The fourth-order valence-electron chi connectivity index (χ4n) is 5.80. The van der Waals surface area contributed by atoms with Gasteiger partial charge in [-0.15, -0.1) is 0 Å². The summed E-state index contributed by atoms with van der Waals surface area (Å²) >= 11 is 0. The summed E-state index contributed by atoms with van der Waals surface area (Å²) in [5.41, 5.74) is 0. The van der Waals surface area contributed by atoms with E-state index in [2.05, 4.69) is 24.5 Å². The zero-order valence-corrected chi connectivity index (χ0v) is 31.1. The summed E-state index contributed by atoms with van der Waals surface area (Å²) in [6.07, 6.45) is -0.435. The second-order valence-corrected chi connectivity index (χ2v) is 13.3. The maximum atomic E-state index is 12.9. The van der Waals surface area contributed by atoms with E-state index in [0.717, 1.165) is 0 Å². The number of aliphatic hydroxyl groups is 5. The smallest absolute Gasteiger partial charge is 0.409 e. The van der Waals surface area contributed by atoms with Crippen molar-refractivity contribution in [2.75, 3.05) is 132 Å². The third-order valence-corrected chi connectivity index (χ3v) is 9.32. The van der Waals surface area contributed by atoms with Crippen LogP contribution in [0, 0.1) is 0 Å². The molecule has 0 saturated carbocycles. The first-order valence-electron chi connectivity index (χ1n) is 18.3. The van der Waals surface area contributed by atoms with Crippen LogP contribution in [0.15, 0.2) is 0 Å². The van der Waals surface area contributed by atoms with Gasteiger partial charge in [0.25, 0.3) is 0 Å². The van der Waals surface area contributed by atoms with Gasteiger partial charge in [0.05, 0.1) is 44.2 Å². The topological polar surface area (TPSA) is 156 Å². The van der Waals surface area contributed by atoms with E-state index in [0.29, 0.717) is 137 Å². The average Bonchev–Trinajstić information content (AvgIpc) is 3.08. The molecule has 1 fully saturated rings. The third kappa shape index (κ3) is 19.9. The van der Waals surface area contributed by atoms with Crippen LogP contribution in [0.2, 0.25) is 0 Å². The molecule has 0 aromatic heterocycles. The number of β-amino-alcohol motifs (C(OH)–C–C–N with tert-alkyl or cyclic N) is 5. The highest BCUT2D eigenvalue weighted by atomic mass is 16.5. The Morgan fingerprint density at radius 3 is 0.958 bits per heavy atom. The molecule has 14 heteroatoms. The number of amides is 1. The summed E-state index contributed by atoms with van der Waals surface area (Å²) in [6.45, 7) is 17.7. The van der Waals surface area contributed by atoms with Crippen LogP contribution in [-0.2, 0) is 9.47 Å². The maximum absolute atomic E-state index is 12.9. The summed E-state index contributed by atoms with van der Waals surface area (Å²) in [7, 11) is 2.94. The fraction of sp³-hybridized carbons (Fsp3) is 0.971. The standard InChI is InChI=1S/C34H72N6O8/c1-7-29(41)23-35-11-13-36(24-30(42)8-2)15-17-38(26-32(44)10-4)19-21-40(34(46)48-6)22-20-39(27-33(45)28-47-5)18-16-37(14-12-35)25-31(43)9-3/h29-33,41-45H,7-28H2,1-6H3. The zero-order valence-electron chi connectivity index (χ0n) is 31.1. The maximum Gasteiger partial charge on any atom is 0.409 e. The molecule has 0 aromatic carbocycles. The van der Waals surface area contributed by atoms with Crippen LogP contribution in [-0.4, -0.2) is 224 Å². The summed E-state index contributed by atoms with van der Waals surface area (Å²) in [6, 6.07) is 0. The number of aliphatic hydroxyl groups excluding tert-OH is 5. The van der Waals surface area contributed by atoms with Gasteiger partial charge in [-0.05, 0) is 25.7 Å². The predicted molar refractivity (Wildman–Crippen MR) is 189 cm³/mol. The molecule has 0 aliphatic carbocycles. The van der Waals surface area contributed by atoms with Gasteiger partial charge in [0.15, 0.2) is 0 Å². The molecule has 5 unspecified atom stereocenters. The monoisotopic (exact) mass is 693 g/mol. The van der Waals surface area contributed by atoms with Gasteiger partial charge in [0, 0.05) is 118 Å². The fourth-order valence-corrected chi connectivity index (χ4v) is 5.80. The zero-order chi connectivity index (χ0) is 35.9. The number of ether oxygens (including phenoxy) is 2. The second kappa shape index (κ2) is 26.6. The van der Waals surface area contributed by atoms with E-state index in [9.17, 15) is 30.3 Å². The molecule has 0 bridgehead atoms. The molecular formula is C34H72N6O8. The minimum absolute atomic E-state index is 0.200. The lowest BCUT2D eigenvalue weighted by Crippen LogP contribution is -2.50. The van der Waals surface area contributed by atoms with Crippen LogP contribution in [0.3, 0.4) is 0 Å². The van der Waals surface area contributed by atoms with Gasteiger partial charge in [0.2, 0.25) is 0 Å². The summed E-state index contributed by atoms with van der Waals surface area (Å²) in [5.74, 6) is 0. The van der Waals surface area contributed by atoms with Crippen LogP contribution in [0.4, 0.5) is 4.79 Å². The van der Waals surface area contributed by atoms with E-state index < -0.39 is 36.6 Å². The van der Waals surface area contributed by atoms with Gasteiger partial charge in [-0.3, -0.25) is 24.5 Å². The van der Waals surface area contributed by atoms with E-state index >= 15 is 0 Å². The highest BCUT2D eigenvalue weighted by Crippen LogP contribution is 2.08. The second-order valence-electron chi connectivity index (χ2n) is 13.3. The summed E-state index contributed by atoms with van der Waals surface area (Å²) in [5, 5.41) is 53.1. The Balaban J connectivity index is 3.41. The van der Waals surface area contributed by atoms with Crippen molar-refractivity contribution < 1.29 is 39.8 Å². The Labute approximate surface area is 291 Å². The van der Waals surface area contributed by atoms with E-state index in [4.69, 9.17) is 9.47 Å². The number of carbonyl (C=O) groups excluding carboxylic acids is 1. The molecule has 1 saturated heterocycles. The van der Waals surface area contributed by atoms with Crippen LogP contribution >= 0.6 is 0 Å². The van der Waals surface area contributed by atoms with Gasteiger partial charge < -0.3 is 39.9 Å². The van der Waals surface area contributed by atoms with Gasteiger partial charge >= 0.3 is 6.09 Å². The molecule has 0 aromatic rings. The van der Waals surface area contributed by atoms with Gasteiger partial charge in [-0.1, -0.05) is 27.7 Å². The molecule has 14 nitrogen and oxygen atoms in total. The quantitative estimate of drug-likeness (QED) is 0.144. The molecule has 1 amide bonds. The van der Waals surface area contributed by atoms with Gasteiger partial charge in [0.1, 0.15) is 0 Å². The van der Waals surface area contributed by atoms with Crippen LogP contribution in [0.1, 0.15) is 53.4 Å². The lowest BCUT2D eigenvalue weighted by Gasteiger charge is -2.35. The number of carbonyl (C=O) groups is 1. The number of rotatable bonds is 16. The Kier molecular flexibility index (Phi) is 24.9. The molecule has 0 spiro atoms. The third-order valence-electron chi connectivity index (χ3n) is 9.32. The molecular weight excluding hydrogens is 620 g/mol. The van der Waals surface area contributed by atoms with Crippen molar-refractivity contribution in [2.45, 2.75) is 83.9 Å². The highest BCUT2D eigenvalue weighted by Gasteiger charge is 2.23. The number of methoxy groups -OCH3 is 2. The molecule has 1 aliphatic heterocycles. The van der Waals surface area contributed by atoms with Crippen molar-refractivity contribution in [3.8, 4) is 0 Å². The molecule has 48 heavy (non-hydrogen) atoms. The Hall–Kier alpha value is -1.17. The van der Waals surface area contributed by atoms with Crippen molar-refractivity contribution in [2.24, 2.45) is 0 Å². The Bertz CT molecular complexity index is 805. The summed E-state index contributed by atoms with van der Waals surface area (Å²) < 4.78 is 10.3. The van der Waals surface area contributed by atoms with E-state index in [1.165, 1.54) is 7.11 Å². The number of hydrogen-bond acceptors (Lipinski definition) is 13. The first kappa shape index (κ1) is 44.9. The first-order chi connectivity index (χ1) is 23.0. The summed E-state index contributed by atoms with van der Waals surface area (Å²) in [4.78, 5) is 25.7. The largest absolute Gasteiger partial charge is 0.453 e. The lowest BCUT2D eigenvalue weighted by atomic mass is 10.2. The van der Waals surface area contributed by atoms with Crippen LogP contribution in [0.25, 0.3) is 0 Å². The molecule has 1 aliphatic rings. The van der Waals surface area contributed by atoms with Crippen molar-refractivity contribution in [1.29, 1.82) is 0 Å². The van der Waals surface area contributed by atoms with Gasteiger partial charge in [-0.2, -0.15) is 0 Å². The molecule has 1 rings (SSSR count). The normalized spacial score (nSPS) is 22.0. The lowest BCUT2D eigenvalue weighted by molar-refractivity contribution is 0.0280. The first-order valence-corrected chi connectivity index (χ1v) is 18.3. The van der Waals surface area contributed by atoms with Gasteiger partial charge in [-0.25, -0.2) is 4.79 Å². The van der Waals surface area contributed by atoms with Crippen molar-refractivity contribution in [3.63, 3.8) is 0 Å². The predicted octanol–water partition coefficient (Wildman–Crippen LogP) is -0.331.